The van der Waals surface area contributed by atoms with Crippen molar-refractivity contribution < 1.29 is 13.2 Å². The molecule has 0 saturated heterocycles. The van der Waals surface area contributed by atoms with Crippen LogP contribution in [0.3, 0.4) is 0 Å². The number of carbonyl (C=O) groups excluding carboxylic acids is 1. The van der Waals surface area contributed by atoms with Crippen molar-refractivity contribution in [3.8, 4) is 0 Å². The van der Waals surface area contributed by atoms with Crippen LogP contribution in [-0.4, -0.2) is 49.0 Å². The molecule has 1 amide bonds. The largest absolute Gasteiger partial charge is 0.312 e. The molecule has 0 aliphatic heterocycles. The van der Waals surface area contributed by atoms with Gasteiger partial charge in [-0.05, 0) is 32.9 Å². The van der Waals surface area contributed by atoms with Crippen molar-refractivity contribution >= 4 is 21.6 Å². The van der Waals surface area contributed by atoms with Crippen molar-refractivity contribution in [1.82, 2.24) is 14.5 Å². The van der Waals surface area contributed by atoms with Crippen LogP contribution in [0.2, 0.25) is 0 Å². The third kappa shape index (κ3) is 3.49. The van der Waals surface area contributed by atoms with Gasteiger partial charge < -0.3 is 4.90 Å². The summed E-state index contributed by atoms with van der Waals surface area (Å²) in [6.45, 7) is 5.33. The highest BCUT2D eigenvalue weighted by atomic mass is 32.2. The summed E-state index contributed by atoms with van der Waals surface area (Å²) in [4.78, 5) is 14.2. The van der Waals surface area contributed by atoms with Gasteiger partial charge in [0.1, 0.15) is 4.90 Å². The Morgan fingerprint density at radius 3 is 2.33 bits per heavy atom. The molecule has 0 atom stereocenters. The molecule has 0 spiro atoms. The lowest BCUT2D eigenvalue weighted by atomic mass is 10.3. The van der Waals surface area contributed by atoms with E-state index >= 15 is 0 Å². The summed E-state index contributed by atoms with van der Waals surface area (Å²) in [6, 6.07) is 9.18. The van der Waals surface area contributed by atoms with Crippen LogP contribution in [-0.2, 0) is 14.8 Å². The molecular formula is C16H22N4O3S. The van der Waals surface area contributed by atoms with Gasteiger partial charge >= 0.3 is 0 Å². The second kappa shape index (κ2) is 7.14. The quantitative estimate of drug-likeness (QED) is 0.859. The number of aromatic amines is 1. The first-order chi connectivity index (χ1) is 11.3. The molecule has 0 aliphatic carbocycles. The fourth-order valence-electron chi connectivity index (χ4n) is 2.55. The molecule has 7 nitrogen and oxygen atoms in total. The molecule has 0 saturated carbocycles. The monoisotopic (exact) mass is 350 g/mol. The predicted molar refractivity (Wildman–Crippen MR) is 92.3 cm³/mol. The summed E-state index contributed by atoms with van der Waals surface area (Å²) in [5, 5.41) is 6.58. The van der Waals surface area contributed by atoms with Crippen LogP contribution in [0.5, 0.6) is 0 Å². The number of hydrogen-bond acceptors (Lipinski definition) is 4. The average molecular weight is 350 g/mol. The zero-order valence-electron chi connectivity index (χ0n) is 14.3. The number of benzene rings is 1. The van der Waals surface area contributed by atoms with Crippen molar-refractivity contribution in [2.45, 2.75) is 25.7 Å². The number of amides is 1. The first kappa shape index (κ1) is 18.2. The number of sulfonamides is 1. The van der Waals surface area contributed by atoms with Gasteiger partial charge in [0.05, 0.1) is 17.9 Å². The van der Waals surface area contributed by atoms with E-state index in [4.69, 9.17) is 0 Å². The van der Waals surface area contributed by atoms with Gasteiger partial charge in [-0.2, -0.15) is 9.40 Å². The lowest BCUT2D eigenvalue weighted by molar-refractivity contribution is -0.118. The Hall–Kier alpha value is -2.19. The van der Waals surface area contributed by atoms with Crippen molar-refractivity contribution in [3.63, 3.8) is 0 Å². The highest BCUT2D eigenvalue weighted by molar-refractivity contribution is 7.89. The fourth-order valence-corrected chi connectivity index (χ4v) is 3.99. The van der Waals surface area contributed by atoms with Gasteiger partial charge in [0.15, 0.2) is 0 Å². The van der Waals surface area contributed by atoms with Crippen molar-refractivity contribution in [2.24, 2.45) is 0 Å². The molecule has 0 fully saturated rings. The predicted octanol–water partition coefficient (Wildman–Crippen LogP) is 1.70. The molecule has 1 aromatic carbocycles. The van der Waals surface area contributed by atoms with E-state index in [1.165, 1.54) is 7.05 Å². The zero-order valence-corrected chi connectivity index (χ0v) is 15.1. The number of H-pyrrole nitrogens is 1. The van der Waals surface area contributed by atoms with Gasteiger partial charge in [-0.1, -0.05) is 18.2 Å². The highest BCUT2D eigenvalue weighted by Crippen LogP contribution is 2.21. The molecule has 130 valence electrons. The number of nitrogens with one attached hydrogen (secondary N) is 1. The Balaban J connectivity index is 2.22. The molecule has 0 radical (unpaired) electrons. The minimum absolute atomic E-state index is 0.126. The smallest absolute Gasteiger partial charge is 0.246 e. The van der Waals surface area contributed by atoms with E-state index in [1.807, 2.05) is 37.3 Å². The molecule has 1 aromatic heterocycles. The van der Waals surface area contributed by atoms with Gasteiger partial charge in [-0.3, -0.25) is 9.89 Å². The van der Waals surface area contributed by atoms with E-state index in [0.717, 1.165) is 9.99 Å². The SMILES string of the molecule is CCN(C(=O)CN(C)S(=O)(=O)c1c(C)n[nH]c1C)c1ccccc1. The van der Waals surface area contributed by atoms with Crippen LogP contribution in [0.1, 0.15) is 18.3 Å². The third-order valence-electron chi connectivity index (χ3n) is 3.77. The number of hydrogen-bond donors (Lipinski definition) is 1. The maximum absolute atomic E-state index is 12.7. The molecule has 2 rings (SSSR count). The van der Waals surface area contributed by atoms with Gasteiger partial charge in [0.2, 0.25) is 15.9 Å². The minimum Gasteiger partial charge on any atom is -0.312 e. The van der Waals surface area contributed by atoms with E-state index in [2.05, 4.69) is 10.2 Å². The Bertz CT molecular complexity index is 796. The first-order valence-electron chi connectivity index (χ1n) is 7.62. The van der Waals surface area contributed by atoms with Crippen LogP contribution in [0.15, 0.2) is 35.2 Å². The summed E-state index contributed by atoms with van der Waals surface area (Å²) in [7, 11) is -2.38. The summed E-state index contributed by atoms with van der Waals surface area (Å²) >= 11 is 0. The van der Waals surface area contributed by atoms with E-state index in [1.54, 1.807) is 18.7 Å². The van der Waals surface area contributed by atoms with E-state index in [9.17, 15) is 13.2 Å². The number of aromatic nitrogens is 2. The molecule has 0 unspecified atom stereocenters. The van der Waals surface area contributed by atoms with Crippen molar-refractivity contribution in [3.05, 3.63) is 41.7 Å². The maximum Gasteiger partial charge on any atom is 0.246 e. The Morgan fingerprint density at radius 1 is 1.21 bits per heavy atom. The van der Waals surface area contributed by atoms with E-state index in [-0.39, 0.29) is 17.3 Å². The highest BCUT2D eigenvalue weighted by Gasteiger charge is 2.29. The van der Waals surface area contributed by atoms with E-state index in [0.29, 0.717) is 17.9 Å². The van der Waals surface area contributed by atoms with Crippen LogP contribution in [0.25, 0.3) is 0 Å². The van der Waals surface area contributed by atoms with Gasteiger partial charge in [0, 0.05) is 19.3 Å². The number of carbonyl (C=O) groups is 1. The van der Waals surface area contributed by atoms with Crippen LogP contribution < -0.4 is 4.90 Å². The topological polar surface area (TPSA) is 86.4 Å². The number of likely N-dealkylation sites (N-methyl/N-ethyl adjacent to an activating group) is 2. The van der Waals surface area contributed by atoms with E-state index < -0.39 is 10.0 Å². The Labute approximate surface area is 142 Å². The summed E-state index contributed by atoms with van der Waals surface area (Å²) < 4.78 is 26.5. The second-order valence-corrected chi connectivity index (χ2v) is 7.48. The maximum atomic E-state index is 12.7. The second-order valence-electron chi connectivity index (χ2n) is 5.50. The molecule has 8 heteroatoms. The molecular weight excluding hydrogens is 328 g/mol. The molecule has 0 aliphatic rings. The van der Waals surface area contributed by atoms with Crippen molar-refractivity contribution in [1.29, 1.82) is 0 Å². The molecule has 1 N–H and O–H groups in total. The van der Waals surface area contributed by atoms with Crippen LogP contribution in [0.4, 0.5) is 5.69 Å². The number of rotatable bonds is 6. The van der Waals surface area contributed by atoms with Crippen LogP contribution >= 0.6 is 0 Å². The number of nitrogens with zero attached hydrogens (tertiary/aromatic N) is 3. The standard InChI is InChI=1S/C16H22N4O3S/c1-5-20(14-9-7-6-8-10-14)15(21)11-19(4)24(22,23)16-12(2)17-18-13(16)3/h6-10H,5,11H2,1-4H3,(H,17,18). The number of anilines is 1. The molecule has 0 bridgehead atoms. The lowest BCUT2D eigenvalue weighted by Gasteiger charge is -2.24. The molecule has 2 aromatic rings. The zero-order chi connectivity index (χ0) is 17.9. The normalized spacial score (nSPS) is 11.7. The first-order valence-corrected chi connectivity index (χ1v) is 9.06. The molecule has 1 heterocycles. The van der Waals surface area contributed by atoms with Gasteiger partial charge in [-0.25, -0.2) is 8.42 Å². The lowest BCUT2D eigenvalue weighted by Crippen LogP contribution is -2.41. The van der Waals surface area contributed by atoms with Gasteiger partial charge in [0.25, 0.3) is 0 Å². The van der Waals surface area contributed by atoms with Crippen LogP contribution in [0, 0.1) is 13.8 Å². The van der Waals surface area contributed by atoms with Crippen molar-refractivity contribution in [2.75, 3.05) is 25.0 Å². The summed E-state index contributed by atoms with van der Waals surface area (Å²) in [5.74, 6) is -0.284. The summed E-state index contributed by atoms with van der Waals surface area (Å²) in [6.07, 6.45) is 0. The number of aryl methyl sites for hydroxylation is 2. The Kier molecular flexibility index (Phi) is 5.40. The third-order valence-corrected chi connectivity index (χ3v) is 5.84. The summed E-state index contributed by atoms with van der Waals surface area (Å²) in [5.41, 5.74) is 1.59. The fraction of sp³-hybridized carbons (Fsp3) is 0.375. The molecule has 24 heavy (non-hydrogen) atoms. The minimum atomic E-state index is -3.78. The van der Waals surface area contributed by atoms with Gasteiger partial charge in [-0.15, -0.1) is 0 Å². The average Bonchev–Trinajstić information content (AvgIpc) is 2.88. The Morgan fingerprint density at radius 2 is 1.83 bits per heavy atom. The number of para-hydroxylation sites is 1.